The third kappa shape index (κ3) is 4.84. The Labute approximate surface area is 156 Å². The van der Waals surface area contributed by atoms with Gasteiger partial charge < -0.3 is 14.6 Å². The summed E-state index contributed by atoms with van der Waals surface area (Å²) in [6, 6.07) is 10.7. The van der Waals surface area contributed by atoms with Crippen molar-refractivity contribution in [2.75, 3.05) is 19.8 Å². The second kappa shape index (κ2) is 9.16. The summed E-state index contributed by atoms with van der Waals surface area (Å²) in [5.41, 5.74) is 1.13. The second-order valence-corrected chi connectivity index (χ2v) is 6.29. The van der Waals surface area contributed by atoms with Gasteiger partial charge >= 0.3 is 6.09 Å². The lowest BCUT2D eigenvalue weighted by Crippen LogP contribution is -2.39. The summed E-state index contributed by atoms with van der Waals surface area (Å²) in [5.74, 6) is 0.0768. The Morgan fingerprint density at radius 1 is 1.30 bits per heavy atom. The van der Waals surface area contributed by atoms with Gasteiger partial charge in [0.15, 0.2) is 11.5 Å². The van der Waals surface area contributed by atoms with Gasteiger partial charge in [-0.25, -0.2) is 9.18 Å². The van der Waals surface area contributed by atoms with Crippen molar-refractivity contribution >= 4 is 12.0 Å². The third-order valence-corrected chi connectivity index (χ3v) is 4.43. The molecule has 1 aromatic heterocycles. The lowest BCUT2D eigenvalue weighted by molar-refractivity contribution is 0.0616. The minimum absolute atomic E-state index is 0.156. The monoisotopic (exact) mass is 375 g/mol. The van der Waals surface area contributed by atoms with Crippen LogP contribution in [0.5, 0.6) is 0 Å². The average molecular weight is 375 g/mol. The van der Waals surface area contributed by atoms with Gasteiger partial charge in [0.1, 0.15) is 13.3 Å². The Kier molecular flexibility index (Phi) is 6.40. The predicted octanol–water partition coefficient (Wildman–Crippen LogP) is 3.24. The molecule has 1 unspecified atom stereocenters. The SMILES string of the molecule is O=C(NCc1ccccc1)c1cc(C2CCCCN2C(=O)OCCF)on1. The minimum atomic E-state index is -0.724. The molecular formula is C19H22FN3O4. The van der Waals surface area contributed by atoms with Crippen LogP contribution in [0.3, 0.4) is 0 Å². The number of hydrogen-bond donors (Lipinski definition) is 1. The number of nitrogens with zero attached hydrogens (tertiary/aromatic N) is 2. The highest BCUT2D eigenvalue weighted by Crippen LogP contribution is 2.31. The van der Waals surface area contributed by atoms with E-state index in [1.54, 1.807) is 6.07 Å². The molecule has 2 heterocycles. The molecule has 7 nitrogen and oxygen atoms in total. The van der Waals surface area contributed by atoms with Gasteiger partial charge in [-0.2, -0.15) is 0 Å². The van der Waals surface area contributed by atoms with Gasteiger partial charge in [-0.05, 0) is 24.8 Å². The van der Waals surface area contributed by atoms with E-state index >= 15 is 0 Å². The number of ether oxygens (including phenoxy) is 1. The Morgan fingerprint density at radius 2 is 2.11 bits per heavy atom. The molecule has 3 rings (SSSR count). The topological polar surface area (TPSA) is 84.7 Å². The third-order valence-electron chi connectivity index (χ3n) is 4.43. The summed E-state index contributed by atoms with van der Waals surface area (Å²) < 4.78 is 22.5. The van der Waals surface area contributed by atoms with E-state index in [1.165, 1.54) is 4.90 Å². The van der Waals surface area contributed by atoms with Crippen molar-refractivity contribution in [3.63, 3.8) is 0 Å². The zero-order chi connectivity index (χ0) is 19.1. The second-order valence-electron chi connectivity index (χ2n) is 6.29. The first kappa shape index (κ1) is 18.9. The Hall–Kier alpha value is -2.90. The van der Waals surface area contributed by atoms with Gasteiger partial charge in [0, 0.05) is 19.2 Å². The Balaban J connectivity index is 1.64. The predicted molar refractivity (Wildman–Crippen MR) is 94.7 cm³/mol. The van der Waals surface area contributed by atoms with Gasteiger partial charge in [0.25, 0.3) is 5.91 Å². The number of benzene rings is 1. The number of alkyl halides is 1. The highest BCUT2D eigenvalue weighted by atomic mass is 19.1. The van der Waals surface area contributed by atoms with Crippen LogP contribution in [0.4, 0.5) is 9.18 Å². The van der Waals surface area contributed by atoms with Crippen LogP contribution in [-0.2, 0) is 11.3 Å². The number of rotatable bonds is 6. The molecule has 1 fully saturated rings. The van der Waals surface area contributed by atoms with Crippen molar-refractivity contribution in [3.05, 3.63) is 53.4 Å². The molecule has 1 aliphatic rings. The van der Waals surface area contributed by atoms with Gasteiger partial charge in [-0.1, -0.05) is 35.5 Å². The zero-order valence-corrected chi connectivity index (χ0v) is 14.9. The van der Waals surface area contributed by atoms with Crippen LogP contribution in [-0.4, -0.2) is 41.9 Å². The number of nitrogens with one attached hydrogen (secondary N) is 1. The molecule has 8 heteroatoms. The van der Waals surface area contributed by atoms with Crippen molar-refractivity contribution < 1.29 is 23.2 Å². The molecule has 0 bridgehead atoms. The van der Waals surface area contributed by atoms with E-state index in [2.05, 4.69) is 10.5 Å². The molecular weight excluding hydrogens is 353 g/mol. The van der Waals surface area contributed by atoms with Crippen LogP contribution < -0.4 is 5.32 Å². The number of likely N-dealkylation sites (tertiary alicyclic amines) is 1. The molecule has 1 aromatic carbocycles. The van der Waals surface area contributed by atoms with Crippen LogP contribution in [0.2, 0.25) is 0 Å². The molecule has 1 atom stereocenters. The molecule has 1 saturated heterocycles. The molecule has 0 aliphatic carbocycles. The number of carbonyl (C=O) groups is 2. The lowest BCUT2D eigenvalue weighted by Gasteiger charge is -2.33. The average Bonchev–Trinajstić information content (AvgIpc) is 3.21. The minimum Gasteiger partial charge on any atom is -0.447 e. The summed E-state index contributed by atoms with van der Waals surface area (Å²) >= 11 is 0. The number of carbonyl (C=O) groups excluding carboxylic acids is 2. The van der Waals surface area contributed by atoms with Crippen molar-refractivity contribution in [2.45, 2.75) is 31.8 Å². The highest BCUT2D eigenvalue weighted by Gasteiger charge is 2.32. The summed E-state index contributed by atoms with van der Waals surface area (Å²) in [5, 5.41) is 6.62. The summed E-state index contributed by atoms with van der Waals surface area (Å²) in [6.07, 6.45) is 1.84. The quantitative estimate of drug-likeness (QED) is 0.838. The van der Waals surface area contributed by atoms with Crippen LogP contribution in [0.1, 0.15) is 47.1 Å². The lowest BCUT2D eigenvalue weighted by atomic mass is 10.0. The molecule has 27 heavy (non-hydrogen) atoms. The number of piperidine rings is 1. The zero-order valence-electron chi connectivity index (χ0n) is 14.9. The molecule has 1 N–H and O–H groups in total. The van der Waals surface area contributed by atoms with Crippen LogP contribution >= 0.6 is 0 Å². The van der Waals surface area contributed by atoms with Crippen molar-refractivity contribution in [3.8, 4) is 0 Å². The van der Waals surface area contributed by atoms with Gasteiger partial charge in [0.05, 0.1) is 6.04 Å². The maximum absolute atomic E-state index is 12.3. The van der Waals surface area contributed by atoms with Gasteiger partial charge in [-0.15, -0.1) is 0 Å². The van der Waals surface area contributed by atoms with E-state index in [1.807, 2.05) is 30.3 Å². The fourth-order valence-corrected chi connectivity index (χ4v) is 3.08. The van der Waals surface area contributed by atoms with Crippen LogP contribution in [0.15, 0.2) is 40.9 Å². The van der Waals surface area contributed by atoms with E-state index in [9.17, 15) is 14.0 Å². The smallest absolute Gasteiger partial charge is 0.410 e. The molecule has 0 radical (unpaired) electrons. The number of halogens is 1. The van der Waals surface area contributed by atoms with Crippen molar-refractivity contribution in [2.24, 2.45) is 0 Å². The summed E-state index contributed by atoms with van der Waals surface area (Å²) in [4.78, 5) is 25.9. The van der Waals surface area contributed by atoms with Gasteiger partial charge in [-0.3, -0.25) is 9.69 Å². The van der Waals surface area contributed by atoms with E-state index in [0.717, 1.165) is 18.4 Å². The maximum atomic E-state index is 12.3. The van der Waals surface area contributed by atoms with E-state index < -0.39 is 12.8 Å². The first-order valence-corrected chi connectivity index (χ1v) is 8.97. The first-order chi connectivity index (χ1) is 13.2. The number of hydrogen-bond acceptors (Lipinski definition) is 5. The first-order valence-electron chi connectivity index (χ1n) is 8.97. The van der Waals surface area contributed by atoms with E-state index in [0.29, 0.717) is 25.3 Å². The standard InChI is InChI=1S/C19H22FN3O4/c20-9-11-26-19(25)23-10-5-4-8-16(23)17-12-15(22-27-17)18(24)21-13-14-6-2-1-3-7-14/h1-3,6-7,12,16H,4-5,8-11,13H2,(H,21,24). The summed E-state index contributed by atoms with van der Waals surface area (Å²) in [6.45, 7) is -0.122. The van der Waals surface area contributed by atoms with Crippen LogP contribution in [0.25, 0.3) is 0 Å². The Bertz CT molecular complexity index is 765. The molecule has 2 amide bonds. The summed E-state index contributed by atoms with van der Waals surface area (Å²) in [7, 11) is 0. The number of amides is 2. The molecule has 0 spiro atoms. The van der Waals surface area contributed by atoms with E-state index in [4.69, 9.17) is 9.26 Å². The van der Waals surface area contributed by atoms with Crippen molar-refractivity contribution in [1.29, 1.82) is 0 Å². The Morgan fingerprint density at radius 3 is 2.89 bits per heavy atom. The highest BCUT2D eigenvalue weighted by molar-refractivity contribution is 5.92. The fraction of sp³-hybridized carbons (Fsp3) is 0.421. The molecule has 1 aliphatic heterocycles. The van der Waals surface area contributed by atoms with E-state index in [-0.39, 0.29) is 24.2 Å². The van der Waals surface area contributed by atoms with Crippen LogP contribution in [0, 0.1) is 0 Å². The number of aromatic nitrogens is 1. The molecule has 144 valence electrons. The van der Waals surface area contributed by atoms with Gasteiger partial charge in [0.2, 0.25) is 0 Å². The largest absolute Gasteiger partial charge is 0.447 e. The normalized spacial score (nSPS) is 16.8. The molecule has 0 saturated carbocycles. The van der Waals surface area contributed by atoms with Crippen molar-refractivity contribution in [1.82, 2.24) is 15.4 Å². The fourth-order valence-electron chi connectivity index (χ4n) is 3.08. The maximum Gasteiger partial charge on any atom is 0.410 e. The molecule has 2 aromatic rings.